The van der Waals surface area contributed by atoms with Crippen LogP contribution in [0.15, 0.2) is 65.0 Å². The first-order chi connectivity index (χ1) is 19.1. The van der Waals surface area contributed by atoms with Gasteiger partial charge in [0.05, 0.1) is 30.0 Å². The summed E-state index contributed by atoms with van der Waals surface area (Å²) in [5, 5.41) is 7.92. The quantitative estimate of drug-likeness (QED) is 0.162. The molecule has 0 saturated carbocycles. The molecule has 3 atom stereocenters. The number of aliphatic imine (C=N–C) groups is 1. The molecule has 1 aliphatic heterocycles. The van der Waals surface area contributed by atoms with Gasteiger partial charge < -0.3 is 4.74 Å². The number of Topliss-reactive ketones (excluding diaryl/α,β-unsaturated/α-hetero) is 1. The standard InChI is InChI=1S/C29H35Cl2N3O2.C4H10/c1-7-17(4)19(6)24(14-32-27(18(5)8-2)25-15-33-34-29(25)31)23(9-3)28(35)21-12-20-13-22(30)10-11-26(20)36-16-21;1-3-4-2/h9-11,13-15,17-18,21H,6-8,12,16H2,1-5H3,(H,33,34);3-4H2,1-2H3/b23-9+,24-14+,32-27?;. The molecule has 5 nitrogen and oxygen atoms in total. The molecule has 0 radical (unpaired) electrons. The van der Waals surface area contributed by atoms with Crippen molar-refractivity contribution in [2.45, 2.75) is 80.6 Å². The lowest BCUT2D eigenvalue weighted by Gasteiger charge is -2.27. The van der Waals surface area contributed by atoms with Crippen molar-refractivity contribution in [2.24, 2.45) is 22.7 Å². The van der Waals surface area contributed by atoms with Crippen molar-refractivity contribution in [1.82, 2.24) is 10.2 Å². The van der Waals surface area contributed by atoms with E-state index >= 15 is 0 Å². The Morgan fingerprint density at radius 1 is 1.15 bits per heavy atom. The second-order valence-corrected chi connectivity index (χ2v) is 11.1. The smallest absolute Gasteiger partial charge is 0.170 e. The molecule has 2 aromatic rings. The maximum atomic E-state index is 13.9. The van der Waals surface area contributed by atoms with Crippen molar-refractivity contribution >= 4 is 34.7 Å². The number of unbranched alkanes of at least 4 members (excludes halogenated alkanes) is 1. The monoisotopic (exact) mass is 585 g/mol. The summed E-state index contributed by atoms with van der Waals surface area (Å²) < 4.78 is 5.92. The summed E-state index contributed by atoms with van der Waals surface area (Å²) in [5.74, 6) is 0.801. The van der Waals surface area contributed by atoms with E-state index in [0.717, 1.165) is 46.6 Å². The van der Waals surface area contributed by atoms with Crippen LogP contribution in [0.4, 0.5) is 0 Å². The van der Waals surface area contributed by atoms with E-state index in [9.17, 15) is 4.79 Å². The number of hydrogen-bond acceptors (Lipinski definition) is 4. The number of hydrogen-bond donors (Lipinski definition) is 1. The predicted octanol–water partition coefficient (Wildman–Crippen LogP) is 9.61. The predicted molar refractivity (Wildman–Crippen MR) is 170 cm³/mol. The highest BCUT2D eigenvalue weighted by Gasteiger charge is 2.30. The van der Waals surface area contributed by atoms with Gasteiger partial charge in [-0.25, -0.2) is 0 Å². The van der Waals surface area contributed by atoms with Crippen molar-refractivity contribution in [3.63, 3.8) is 0 Å². The van der Waals surface area contributed by atoms with Crippen LogP contribution < -0.4 is 4.74 Å². The van der Waals surface area contributed by atoms with Crippen molar-refractivity contribution in [1.29, 1.82) is 0 Å². The molecule has 218 valence electrons. The lowest BCUT2D eigenvalue weighted by molar-refractivity contribution is -0.120. The van der Waals surface area contributed by atoms with Crippen molar-refractivity contribution in [3.8, 4) is 5.75 Å². The summed E-state index contributed by atoms with van der Waals surface area (Å²) in [6, 6.07) is 5.53. The Bertz CT molecular complexity index is 1240. The first-order valence-corrected chi connectivity index (χ1v) is 15.2. The number of nitrogens with zero attached hydrogens (tertiary/aromatic N) is 2. The minimum atomic E-state index is -0.323. The van der Waals surface area contributed by atoms with Crippen LogP contribution in [0.1, 0.15) is 85.3 Å². The first-order valence-electron chi connectivity index (χ1n) is 14.4. The Morgan fingerprint density at radius 3 is 2.38 bits per heavy atom. The average molecular weight is 587 g/mol. The van der Waals surface area contributed by atoms with Gasteiger partial charge in [0.25, 0.3) is 0 Å². The highest BCUT2D eigenvalue weighted by molar-refractivity contribution is 6.33. The molecule has 0 spiro atoms. The summed E-state index contributed by atoms with van der Waals surface area (Å²) in [5.41, 5.74) is 4.75. The number of carbonyl (C=O) groups excluding carboxylic acids is 1. The van der Waals surface area contributed by atoms with Gasteiger partial charge in [-0.2, -0.15) is 5.10 Å². The van der Waals surface area contributed by atoms with Crippen LogP contribution in [0.5, 0.6) is 5.75 Å². The number of nitrogens with one attached hydrogen (secondary N) is 1. The zero-order valence-electron chi connectivity index (χ0n) is 25.1. The number of rotatable bonds is 11. The third kappa shape index (κ3) is 8.68. The number of halogens is 2. The number of H-pyrrole nitrogens is 1. The molecule has 2 heterocycles. The number of benzene rings is 1. The lowest BCUT2D eigenvalue weighted by Crippen LogP contribution is -2.30. The molecular formula is C33H45Cl2N3O2. The maximum Gasteiger partial charge on any atom is 0.170 e. The number of allylic oxidation sites excluding steroid dienone is 4. The van der Waals surface area contributed by atoms with Crippen LogP contribution in [-0.4, -0.2) is 28.3 Å². The fraction of sp³-hybridized carbons (Fsp3) is 0.485. The first kappa shape index (κ1) is 33.6. The van der Waals surface area contributed by atoms with Gasteiger partial charge in [-0.05, 0) is 67.4 Å². The number of carbonyl (C=O) groups is 1. The molecule has 40 heavy (non-hydrogen) atoms. The molecule has 3 unspecified atom stereocenters. The average Bonchev–Trinajstić information content (AvgIpc) is 3.40. The SMILES string of the molecule is C=C(C(=C\N=C(c1cn[nH]c1Cl)C(C)CC)/C(=C\C)C(=O)C1COc2ccc(Cl)cc2C1)C(C)CC.CCCC. The third-order valence-electron chi connectivity index (χ3n) is 7.48. The van der Waals surface area contributed by atoms with Gasteiger partial charge in [0.1, 0.15) is 10.9 Å². The Balaban J connectivity index is 0.00000131. The summed E-state index contributed by atoms with van der Waals surface area (Å²) >= 11 is 12.5. The van der Waals surface area contributed by atoms with Gasteiger partial charge in [-0.3, -0.25) is 14.9 Å². The summed E-state index contributed by atoms with van der Waals surface area (Å²) in [6.07, 6.45) is 10.3. The van der Waals surface area contributed by atoms with Crippen LogP contribution >= 0.6 is 23.2 Å². The molecule has 1 aromatic heterocycles. The fourth-order valence-corrected chi connectivity index (χ4v) is 4.65. The van der Waals surface area contributed by atoms with E-state index in [-0.39, 0.29) is 23.5 Å². The van der Waals surface area contributed by atoms with E-state index in [4.69, 9.17) is 32.9 Å². The summed E-state index contributed by atoms with van der Waals surface area (Å²) in [4.78, 5) is 18.7. The zero-order valence-corrected chi connectivity index (χ0v) is 26.6. The van der Waals surface area contributed by atoms with Crippen LogP contribution in [0.3, 0.4) is 0 Å². The van der Waals surface area contributed by atoms with Crippen LogP contribution in [0.25, 0.3) is 0 Å². The van der Waals surface area contributed by atoms with Gasteiger partial charge in [-0.15, -0.1) is 0 Å². The highest BCUT2D eigenvalue weighted by atomic mass is 35.5. The van der Waals surface area contributed by atoms with E-state index < -0.39 is 0 Å². The van der Waals surface area contributed by atoms with E-state index in [1.54, 1.807) is 18.5 Å². The number of aromatic amines is 1. The highest BCUT2D eigenvalue weighted by Crippen LogP contribution is 2.34. The number of ether oxygens (including phenoxy) is 1. The summed E-state index contributed by atoms with van der Waals surface area (Å²) in [6.45, 7) is 19.4. The lowest BCUT2D eigenvalue weighted by atomic mass is 9.82. The Hall–Kier alpha value is -2.63. The van der Waals surface area contributed by atoms with Crippen molar-refractivity contribution < 1.29 is 9.53 Å². The summed E-state index contributed by atoms with van der Waals surface area (Å²) in [7, 11) is 0. The van der Waals surface area contributed by atoms with Crippen molar-refractivity contribution in [3.05, 3.63) is 81.3 Å². The van der Waals surface area contributed by atoms with Crippen molar-refractivity contribution in [2.75, 3.05) is 6.61 Å². The molecule has 0 fully saturated rings. The third-order valence-corrected chi connectivity index (χ3v) is 8.00. The molecule has 0 saturated heterocycles. The topological polar surface area (TPSA) is 67.3 Å². The van der Waals surface area contributed by atoms with E-state index in [1.807, 2.05) is 25.1 Å². The second kappa shape index (κ2) is 16.6. The van der Waals surface area contributed by atoms with E-state index in [0.29, 0.717) is 28.8 Å². The van der Waals surface area contributed by atoms with Crippen LogP contribution in [0.2, 0.25) is 10.2 Å². The minimum absolute atomic E-state index is 0.0143. The van der Waals surface area contributed by atoms with Crippen LogP contribution in [0, 0.1) is 17.8 Å². The molecule has 0 amide bonds. The molecule has 7 heteroatoms. The Kier molecular flexibility index (Phi) is 13.9. The fourth-order valence-electron chi connectivity index (χ4n) is 4.26. The van der Waals surface area contributed by atoms with Gasteiger partial charge in [0, 0.05) is 22.4 Å². The van der Waals surface area contributed by atoms with Gasteiger partial charge >= 0.3 is 0 Å². The Labute approximate surface area is 250 Å². The van der Waals surface area contributed by atoms with Gasteiger partial charge in [0.15, 0.2) is 5.78 Å². The normalized spacial score (nSPS) is 17.2. The second-order valence-electron chi connectivity index (χ2n) is 10.3. The number of aromatic nitrogens is 2. The minimum Gasteiger partial charge on any atom is -0.493 e. The Morgan fingerprint density at radius 2 is 1.82 bits per heavy atom. The molecule has 3 rings (SSSR count). The van der Waals surface area contributed by atoms with E-state index in [2.05, 4.69) is 58.3 Å². The van der Waals surface area contributed by atoms with E-state index in [1.165, 1.54) is 12.8 Å². The molecule has 0 aliphatic carbocycles. The zero-order chi connectivity index (χ0) is 29.8. The van der Waals surface area contributed by atoms with Crippen LogP contribution in [-0.2, 0) is 11.2 Å². The molecule has 1 aromatic carbocycles. The molecular weight excluding hydrogens is 541 g/mol. The molecule has 1 N–H and O–H groups in total. The largest absolute Gasteiger partial charge is 0.493 e. The number of fused-ring (bicyclic) bond motifs is 1. The van der Waals surface area contributed by atoms with Gasteiger partial charge in [-0.1, -0.05) is 90.2 Å². The number of ketones is 1. The van der Waals surface area contributed by atoms with Gasteiger partial charge in [0.2, 0.25) is 0 Å². The molecule has 0 bridgehead atoms. The maximum absolute atomic E-state index is 13.9. The molecule has 1 aliphatic rings.